The number of aryl methyl sites for hydroxylation is 1. The van der Waals surface area contributed by atoms with Crippen LogP contribution >= 0.6 is 0 Å². The van der Waals surface area contributed by atoms with Crippen LogP contribution in [0, 0.1) is 12.7 Å². The van der Waals surface area contributed by atoms with E-state index in [2.05, 4.69) is 5.32 Å². The van der Waals surface area contributed by atoms with Crippen LogP contribution in [0.15, 0.2) is 36.4 Å². The molecule has 0 atom stereocenters. The van der Waals surface area contributed by atoms with Crippen LogP contribution in [0.2, 0.25) is 0 Å². The molecule has 0 unspecified atom stereocenters. The lowest BCUT2D eigenvalue weighted by Gasteiger charge is -2.16. The van der Waals surface area contributed by atoms with E-state index in [0.717, 1.165) is 5.56 Å². The zero-order chi connectivity index (χ0) is 18.4. The normalized spacial score (nSPS) is 10.8. The zero-order valence-electron chi connectivity index (χ0n) is 14.1. The molecule has 134 valence electrons. The van der Waals surface area contributed by atoms with E-state index in [0.29, 0.717) is 6.42 Å². The minimum Gasteiger partial charge on any atom is -0.486 e. The van der Waals surface area contributed by atoms with Gasteiger partial charge in [-0.3, -0.25) is 4.79 Å². The Balaban J connectivity index is 2.30. The van der Waals surface area contributed by atoms with E-state index in [-0.39, 0.29) is 41.5 Å². The molecule has 2 aromatic rings. The Morgan fingerprint density at radius 1 is 1.24 bits per heavy atom. The fraction of sp³-hybridized carbons (Fsp3) is 0.316. The Morgan fingerprint density at radius 3 is 2.68 bits per heavy atom. The summed E-state index contributed by atoms with van der Waals surface area (Å²) in [6.45, 7) is 3.35. The van der Waals surface area contributed by atoms with Gasteiger partial charge in [-0.05, 0) is 37.1 Å². The number of carbonyl (C=O) groups is 1. The molecule has 0 heterocycles. The quantitative estimate of drug-likeness (QED) is 0.726. The van der Waals surface area contributed by atoms with Gasteiger partial charge < -0.3 is 10.1 Å². The lowest BCUT2D eigenvalue weighted by Crippen LogP contribution is -2.14. The molecule has 0 aromatic heterocycles. The Hall–Kier alpha value is -2.50. The van der Waals surface area contributed by atoms with Crippen molar-refractivity contribution in [3.05, 3.63) is 58.9 Å². The molecule has 1 amide bonds. The van der Waals surface area contributed by atoms with Crippen LogP contribution in [0.25, 0.3) is 0 Å². The average molecular weight is 351 g/mol. The first kappa shape index (κ1) is 18.8. The lowest BCUT2D eigenvalue weighted by molar-refractivity contribution is -0.116. The second-order valence-corrected chi connectivity index (χ2v) is 5.69. The van der Waals surface area contributed by atoms with Crippen molar-refractivity contribution in [1.82, 2.24) is 0 Å². The third kappa shape index (κ3) is 4.98. The lowest BCUT2D eigenvalue weighted by atomic mass is 10.1. The maximum atomic E-state index is 13.8. The molecule has 0 aliphatic heterocycles. The van der Waals surface area contributed by atoms with Crippen LogP contribution in [0.1, 0.15) is 42.9 Å². The molecular weight excluding hydrogens is 331 g/mol. The largest absolute Gasteiger partial charge is 0.486 e. The highest BCUT2D eigenvalue weighted by Gasteiger charge is 2.18. The molecule has 3 nitrogen and oxygen atoms in total. The summed E-state index contributed by atoms with van der Waals surface area (Å²) in [5.41, 5.74) is 0.935. The van der Waals surface area contributed by atoms with Crippen molar-refractivity contribution in [2.75, 3.05) is 5.32 Å². The molecule has 0 saturated carbocycles. The smallest absolute Gasteiger partial charge is 0.264 e. The number of hydrogen-bond acceptors (Lipinski definition) is 2. The van der Waals surface area contributed by atoms with Gasteiger partial charge in [0.2, 0.25) is 5.91 Å². The summed E-state index contributed by atoms with van der Waals surface area (Å²) in [6.07, 6.45) is -1.81. The van der Waals surface area contributed by atoms with Gasteiger partial charge in [-0.25, -0.2) is 13.2 Å². The molecule has 2 rings (SSSR count). The van der Waals surface area contributed by atoms with Crippen LogP contribution in [0.5, 0.6) is 5.75 Å². The number of alkyl halides is 2. The van der Waals surface area contributed by atoms with Crippen molar-refractivity contribution in [3.63, 3.8) is 0 Å². The van der Waals surface area contributed by atoms with Crippen LogP contribution < -0.4 is 10.1 Å². The van der Waals surface area contributed by atoms with Crippen molar-refractivity contribution in [1.29, 1.82) is 0 Å². The fourth-order valence-corrected chi connectivity index (χ4v) is 2.40. The van der Waals surface area contributed by atoms with Crippen molar-refractivity contribution in [3.8, 4) is 5.75 Å². The Kier molecular flexibility index (Phi) is 6.44. The van der Waals surface area contributed by atoms with Crippen molar-refractivity contribution >= 4 is 11.6 Å². The van der Waals surface area contributed by atoms with Crippen molar-refractivity contribution < 1.29 is 22.7 Å². The minimum absolute atomic E-state index is 0.0186. The number of carbonyl (C=O) groups excluding carboxylic acids is 1. The first-order chi connectivity index (χ1) is 11.9. The fourth-order valence-electron chi connectivity index (χ4n) is 2.40. The summed E-state index contributed by atoms with van der Waals surface area (Å²) >= 11 is 0. The number of anilines is 1. The molecule has 0 aliphatic carbocycles. The van der Waals surface area contributed by atoms with Gasteiger partial charge in [0.25, 0.3) is 6.43 Å². The molecule has 1 N–H and O–H groups in total. The highest BCUT2D eigenvalue weighted by atomic mass is 19.3. The number of benzene rings is 2. The third-order valence-corrected chi connectivity index (χ3v) is 3.66. The Labute approximate surface area is 144 Å². The summed E-state index contributed by atoms with van der Waals surface area (Å²) in [6, 6.07) is 8.59. The van der Waals surface area contributed by atoms with Gasteiger partial charge >= 0.3 is 0 Å². The van der Waals surface area contributed by atoms with Gasteiger partial charge in [0, 0.05) is 23.2 Å². The van der Waals surface area contributed by atoms with E-state index in [9.17, 15) is 18.0 Å². The zero-order valence-corrected chi connectivity index (χ0v) is 14.1. The molecule has 25 heavy (non-hydrogen) atoms. The summed E-state index contributed by atoms with van der Waals surface area (Å²) < 4.78 is 45.9. The highest BCUT2D eigenvalue weighted by Crippen LogP contribution is 2.30. The van der Waals surface area contributed by atoms with Crippen LogP contribution in [-0.4, -0.2) is 5.91 Å². The minimum atomic E-state index is -2.73. The van der Waals surface area contributed by atoms with E-state index >= 15 is 0 Å². The molecular formula is C19H20F3NO2. The second-order valence-electron chi connectivity index (χ2n) is 5.69. The predicted octanol–water partition coefficient (Wildman–Crippen LogP) is 5.39. The number of rotatable bonds is 7. The monoisotopic (exact) mass is 351 g/mol. The van der Waals surface area contributed by atoms with E-state index in [1.54, 1.807) is 13.0 Å². The number of amides is 1. The standard InChI is InChI=1S/C19H20F3NO2/c1-3-5-18(24)23-16-7-4-6-13(19(21)22)14(16)11-25-17-10-12(2)8-9-15(17)20/h4,6-10,19H,3,5,11H2,1-2H3,(H,23,24). The van der Waals surface area contributed by atoms with Crippen LogP contribution in [-0.2, 0) is 11.4 Å². The van der Waals surface area contributed by atoms with E-state index in [1.165, 1.54) is 30.3 Å². The molecule has 0 saturated heterocycles. The third-order valence-electron chi connectivity index (χ3n) is 3.66. The first-order valence-electron chi connectivity index (χ1n) is 8.01. The number of nitrogens with one attached hydrogen (secondary N) is 1. The van der Waals surface area contributed by atoms with Crippen molar-refractivity contribution in [2.45, 2.75) is 39.7 Å². The van der Waals surface area contributed by atoms with Gasteiger partial charge in [0.1, 0.15) is 6.61 Å². The maximum Gasteiger partial charge on any atom is 0.264 e. The maximum absolute atomic E-state index is 13.8. The summed E-state index contributed by atoms with van der Waals surface area (Å²) in [5, 5.41) is 2.62. The predicted molar refractivity (Wildman–Crippen MR) is 90.4 cm³/mol. The first-order valence-corrected chi connectivity index (χ1v) is 8.01. The second kappa shape index (κ2) is 8.55. The van der Waals surface area contributed by atoms with Gasteiger partial charge in [0.15, 0.2) is 11.6 Å². The van der Waals surface area contributed by atoms with Gasteiger partial charge in [-0.2, -0.15) is 0 Å². The molecule has 6 heteroatoms. The van der Waals surface area contributed by atoms with E-state index in [4.69, 9.17) is 4.74 Å². The SMILES string of the molecule is CCCC(=O)Nc1cccc(C(F)F)c1COc1cc(C)ccc1F. The molecule has 0 aliphatic rings. The summed E-state index contributed by atoms with van der Waals surface area (Å²) in [4.78, 5) is 11.8. The van der Waals surface area contributed by atoms with E-state index < -0.39 is 12.2 Å². The van der Waals surface area contributed by atoms with Gasteiger partial charge in [-0.1, -0.05) is 25.1 Å². The van der Waals surface area contributed by atoms with Crippen LogP contribution in [0.3, 0.4) is 0 Å². The Morgan fingerprint density at radius 2 is 2.00 bits per heavy atom. The molecule has 0 bridgehead atoms. The van der Waals surface area contributed by atoms with Gasteiger partial charge in [-0.15, -0.1) is 0 Å². The average Bonchev–Trinajstić information content (AvgIpc) is 2.56. The Bertz CT molecular complexity index is 747. The summed E-state index contributed by atoms with van der Waals surface area (Å²) in [7, 11) is 0. The highest BCUT2D eigenvalue weighted by molar-refractivity contribution is 5.91. The molecule has 2 aromatic carbocycles. The molecule has 0 fully saturated rings. The van der Waals surface area contributed by atoms with Crippen molar-refractivity contribution in [2.24, 2.45) is 0 Å². The van der Waals surface area contributed by atoms with Crippen LogP contribution in [0.4, 0.5) is 18.9 Å². The molecule has 0 radical (unpaired) electrons. The van der Waals surface area contributed by atoms with Gasteiger partial charge in [0.05, 0.1) is 0 Å². The number of halogens is 3. The topological polar surface area (TPSA) is 38.3 Å². The molecule has 0 spiro atoms. The number of ether oxygens (including phenoxy) is 1. The number of hydrogen-bond donors (Lipinski definition) is 1. The summed E-state index contributed by atoms with van der Waals surface area (Å²) in [5.74, 6) is -0.858. The van der Waals surface area contributed by atoms with E-state index in [1.807, 2.05) is 6.92 Å².